The van der Waals surface area contributed by atoms with Crippen LogP contribution in [0.25, 0.3) is 27.8 Å². The molecule has 0 fully saturated rings. The van der Waals surface area contributed by atoms with Crippen molar-refractivity contribution in [3.8, 4) is 22.3 Å². The van der Waals surface area contributed by atoms with E-state index >= 15 is 0 Å². The van der Waals surface area contributed by atoms with Crippen LogP contribution in [0.2, 0.25) is 0 Å². The molecule has 0 unspecified atom stereocenters. The Bertz CT molecular complexity index is 1200. The summed E-state index contributed by atoms with van der Waals surface area (Å²) in [7, 11) is -0.250. The second-order valence-electron chi connectivity index (χ2n) is 9.44. The number of hydrogen-bond donors (Lipinski definition) is 0. The van der Waals surface area contributed by atoms with E-state index in [4.69, 9.17) is 1.34 Å². The molecule has 4 aromatic rings. The molecule has 0 aromatic heterocycles. The van der Waals surface area contributed by atoms with Gasteiger partial charge in [-0.05, 0) is 62.4 Å². The van der Waals surface area contributed by atoms with E-state index in [1.165, 1.54) is 50.9 Å². The first-order chi connectivity index (χ1) is 17.4. The molecule has 0 atom stereocenters. The molecular weight excluding hydrogens is 438 g/mol. The molecule has 0 heterocycles. The Morgan fingerprint density at radius 3 is 1.31 bits per heavy atom. The average molecular weight is 479 g/mol. The van der Waals surface area contributed by atoms with Crippen LogP contribution in [0.5, 0.6) is 0 Å². The summed E-state index contributed by atoms with van der Waals surface area (Å²) in [6.07, 6.45) is 1.19. The monoisotopic (exact) mass is 478 g/mol. The van der Waals surface area contributed by atoms with Gasteiger partial charge in [-0.15, -0.1) is 0 Å². The van der Waals surface area contributed by atoms with Gasteiger partial charge in [-0.25, -0.2) is 0 Å². The van der Waals surface area contributed by atoms with Gasteiger partial charge in [0, 0.05) is 7.25 Å². The Hall–Kier alpha value is -3.39. The van der Waals surface area contributed by atoms with E-state index in [9.17, 15) is 4.32 Å². The number of benzene rings is 4. The Morgan fingerprint density at radius 2 is 0.972 bits per heavy atom. The molecule has 2 aliphatic carbocycles. The van der Waals surface area contributed by atoms with Gasteiger partial charge >= 0.3 is 8.09 Å². The third-order valence-electron chi connectivity index (χ3n) is 6.17. The third kappa shape index (κ3) is 6.05. The second-order valence-corrected chi connectivity index (χ2v) is 9.44. The highest BCUT2D eigenvalue weighted by atomic mass is 19.1. The van der Waals surface area contributed by atoms with Crippen LogP contribution in [0.3, 0.4) is 0 Å². The number of fused-ring (bicyclic) bond motifs is 6. The largest absolute Gasteiger partial charge is 0.348 e. The van der Waals surface area contributed by atoms with Gasteiger partial charge in [0.1, 0.15) is 0 Å². The van der Waals surface area contributed by atoms with Crippen molar-refractivity contribution in [3.05, 3.63) is 126 Å². The molecule has 0 amide bonds. The van der Waals surface area contributed by atoms with Gasteiger partial charge in [0.2, 0.25) is 0 Å². The number of hydrogen-bond acceptors (Lipinski definition) is 0. The molecule has 185 valence electrons. The molecule has 0 N–H and O–H groups in total. The Morgan fingerprint density at radius 1 is 0.694 bits per heavy atom. The zero-order chi connectivity index (χ0) is 26.1. The van der Waals surface area contributed by atoms with Crippen LogP contribution in [0.4, 0.5) is 4.32 Å². The molecule has 0 saturated carbocycles. The highest BCUT2D eigenvalue weighted by molar-refractivity contribution is 6.00. The Labute approximate surface area is 220 Å². The van der Waals surface area contributed by atoms with Crippen LogP contribution in [-0.4, -0.2) is 9.42 Å². The van der Waals surface area contributed by atoms with E-state index in [-0.39, 0.29) is 15.5 Å². The van der Waals surface area contributed by atoms with Gasteiger partial charge in [-0.1, -0.05) is 139 Å². The predicted molar refractivity (Wildman–Crippen MR) is 160 cm³/mol. The lowest BCUT2D eigenvalue weighted by Gasteiger charge is -2.09. The summed E-state index contributed by atoms with van der Waals surface area (Å²) in [5, 5.41) is 0. The SMILES string of the molecule is C.C=C1c2ccccc2-c2ccccc21.CC(C)C.CCC1c2ccccc2-c2ccccc21.[2H][B]F. The summed E-state index contributed by atoms with van der Waals surface area (Å²) >= 11 is 0. The normalized spacial score (nSPS) is 11.9. The van der Waals surface area contributed by atoms with E-state index in [0.717, 1.165) is 11.5 Å². The van der Waals surface area contributed by atoms with Gasteiger partial charge in [0.25, 0.3) is 0 Å². The minimum absolute atomic E-state index is 0. The second kappa shape index (κ2) is 13.6. The molecule has 4 aromatic carbocycles. The molecule has 36 heavy (non-hydrogen) atoms. The first-order valence-corrected chi connectivity index (χ1v) is 12.3. The smallest absolute Gasteiger partial charge is 0.333 e. The maximum absolute atomic E-state index is 9.83. The zero-order valence-corrected chi connectivity index (χ0v) is 21.3. The quantitative estimate of drug-likeness (QED) is 0.210. The Kier molecular flexibility index (Phi) is 10.3. The minimum Gasteiger partial charge on any atom is -0.348 e. The predicted octanol–water partition coefficient (Wildman–Crippen LogP) is 10.0. The summed E-state index contributed by atoms with van der Waals surface area (Å²) in [4.78, 5) is 0. The van der Waals surface area contributed by atoms with E-state index < -0.39 is 0 Å². The lowest BCUT2D eigenvalue weighted by atomic mass is 9.95. The standard InChI is InChI=1S/C15H14.C14H10.C4H10.CH4.BFH/c1-2-11-12-7-3-5-9-14(12)15-10-6-4-8-13(11)15;1-10-11-6-2-4-8-13(11)14-9-5-3-7-12(10)14;1-4(2)3;;1-2/h3-11H,2H2,1H3;2-9H,1H2;4H,1-3H3;1H4;1H/i;;;;1D. The van der Waals surface area contributed by atoms with Crippen molar-refractivity contribution in [1.82, 2.24) is 0 Å². The first kappa shape index (κ1) is 27.2. The summed E-state index contributed by atoms with van der Waals surface area (Å²) < 4.78 is 15.2. The van der Waals surface area contributed by atoms with Gasteiger partial charge in [-0.2, -0.15) is 0 Å². The third-order valence-corrected chi connectivity index (χ3v) is 6.17. The molecule has 0 aliphatic heterocycles. The lowest BCUT2D eigenvalue weighted by molar-refractivity contribution is 0.737. The van der Waals surface area contributed by atoms with Crippen LogP contribution in [0.1, 0.15) is 69.7 Å². The average Bonchev–Trinajstić information content (AvgIpc) is 3.37. The van der Waals surface area contributed by atoms with Crippen molar-refractivity contribution in [2.24, 2.45) is 5.92 Å². The summed E-state index contributed by atoms with van der Waals surface area (Å²) in [5.74, 6) is 1.44. The van der Waals surface area contributed by atoms with Crippen LogP contribution < -0.4 is 0 Å². The fourth-order valence-electron chi connectivity index (χ4n) is 4.81. The van der Waals surface area contributed by atoms with Crippen molar-refractivity contribution in [2.45, 2.75) is 47.5 Å². The van der Waals surface area contributed by atoms with E-state index in [2.05, 4.69) is 131 Å². The van der Waals surface area contributed by atoms with Crippen LogP contribution in [-0.2, 0) is 0 Å². The molecule has 6 rings (SSSR count). The van der Waals surface area contributed by atoms with Crippen LogP contribution >= 0.6 is 0 Å². The lowest BCUT2D eigenvalue weighted by Crippen LogP contribution is -1.93. The molecular formula is C34H39BF. The van der Waals surface area contributed by atoms with E-state index in [1.807, 2.05) is 0 Å². The maximum atomic E-state index is 9.83. The van der Waals surface area contributed by atoms with Crippen molar-refractivity contribution >= 4 is 13.7 Å². The van der Waals surface area contributed by atoms with E-state index in [0.29, 0.717) is 5.92 Å². The summed E-state index contributed by atoms with van der Waals surface area (Å²) in [6, 6.07) is 34.4. The fourth-order valence-corrected chi connectivity index (χ4v) is 4.81. The summed E-state index contributed by atoms with van der Waals surface area (Å²) in [6.45, 7) is 12.9. The van der Waals surface area contributed by atoms with Crippen LogP contribution in [0.15, 0.2) is 104 Å². The highest BCUT2D eigenvalue weighted by Gasteiger charge is 2.26. The molecule has 0 saturated heterocycles. The zero-order valence-electron chi connectivity index (χ0n) is 22.3. The topological polar surface area (TPSA) is 0 Å². The van der Waals surface area contributed by atoms with E-state index in [1.54, 1.807) is 0 Å². The molecule has 2 heteroatoms. The molecule has 0 spiro atoms. The number of rotatable bonds is 1. The van der Waals surface area contributed by atoms with Crippen LogP contribution in [0, 0.1) is 5.92 Å². The highest BCUT2D eigenvalue weighted by Crippen LogP contribution is 2.46. The van der Waals surface area contributed by atoms with Crippen molar-refractivity contribution in [1.29, 1.82) is 1.34 Å². The van der Waals surface area contributed by atoms with Gasteiger partial charge in [-0.3, -0.25) is 0 Å². The maximum Gasteiger partial charge on any atom is 0.333 e. The Balaban J connectivity index is 0.000000205. The molecule has 0 bridgehead atoms. The first-order valence-electron chi connectivity index (χ1n) is 12.9. The van der Waals surface area contributed by atoms with Gasteiger partial charge in [0.15, 0.2) is 0 Å². The molecule has 2 aliphatic rings. The van der Waals surface area contributed by atoms with Gasteiger partial charge in [0.05, 0.1) is 0 Å². The summed E-state index contributed by atoms with van der Waals surface area (Å²) in [5.41, 5.74) is 12.2. The molecule has 1 radical (unpaired) electrons. The van der Waals surface area contributed by atoms with Crippen molar-refractivity contribution < 1.29 is 4.32 Å². The van der Waals surface area contributed by atoms with Crippen molar-refractivity contribution in [2.75, 3.05) is 0 Å². The molecule has 0 nitrogen and oxygen atoms in total. The van der Waals surface area contributed by atoms with Crippen molar-refractivity contribution in [3.63, 3.8) is 0 Å². The minimum atomic E-state index is -0.250. The fraction of sp³-hybridized carbons (Fsp3) is 0.235. The number of halogens is 1. The van der Waals surface area contributed by atoms with Gasteiger partial charge < -0.3 is 4.32 Å².